The van der Waals surface area contributed by atoms with Crippen LogP contribution < -0.4 is 5.32 Å². The lowest BCUT2D eigenvalue weighted by Crippen LogP contribution is -2.33. The summed E-state index contributed by atoms with van der Waals surface area (Å²) in [4.78, 5) is 14.6. The van der Waals surface area contributed by atoms with Crippen molar-refractivity contribution in [2.24, 2.45) is 5.92 Å². The zero-order valence-electron chi connectivity index (χ0n) is 13.1. The van der Waals surface area contributed by atoms with Gasteiger partial charge in [-0.2, -0.15) is 0 Å². The van der Waals surface area contributed by atoms with Gasteiger partial charge >= 0.3 is 0 Å². The third-order valence-corrected chi connectivity index (χ3v) is 4.83. The number of nitrogens with zero attached hydrogens (tertiary/aromatic N) is 1. The summed E-state index contributed by atoms with van der Waals surface area (Å²) >= 11 is 0. The van der Waals surface area contributed by atoms with Gasteiger partial charge in [-0.3, -0.25) is 4.79 Å². The maximum absolute atomic E-state index is 13.7. The van der Waals surface area contributed by atoms with Crippen LogP contribution in [0.3, 0.4) is 0 Å². The molecule has 1 aliphatic carbocycles. The summed E-state index contributed by atoms with van der Waals surface area (Å²) in [5.74, 6) is -0.0602. The standard InChI is InChI=1S/C18H25FN2O/c19-17-8-3-2-7-14(17)15-13-16(15)18(22)20-9-6-12-21-10-4-1-5-11-21/h2-3,7-8,15-16H,1,4-6,9-13H2,(H,20,22). The van der Waals surface area contributed by atoms with Crippen LogP contribution >= 0.6 is 0 Å². The Hall–Kier alpha value is -1.42. The largest absolute Gasteiger partial charge is 0.356 e. The van der Waals surface area contributed by atoms with Gasteiger partial charge in [-0.1, -0.05) is 24.6 Å². The van der Waals surface area contributed by atoms with Crippen LogP contribution in [-0.4, -0.2) is 37.0 Å². The average Bonchev–Trinajstić information content (AvgIpc) is 3.33. The number of halogens is 1. The molecule has 2 atom stereocenters. The molecule has 0 aromatic heterocycles. The van der Waals surface area contributed by atoms with Crippen molar-refractivity contribution in [1.82, 2.24) is 10.2 Å². The Balaban J connectivity index is 1.36. The van der Waals surface area contributed by atoms with E-state index in [1.807, 2.05) is 6.07 Å². The molecule has 1 N–H and O–H groups in total. The van der Waals surface area contributed by atoms with Crippen molar-refractivity contribution in [2.75, 3.05) is 26.2 Å². The summed E-state index contributed by atoms with van der Waals surface area (Å²) in [6.45, 7) is 4.20. The molecule has 2 fully saturated rings. The van der Waals surface area contributed by atoms with E-state index in [9.17, 15) is 9.18 Å². The monoisotopic (exact) mass is 304 g/mol. The number of piperidine rings is 1. The Labute approximate surface area is 131 Å². The van der Waals surface area contributed by atoms with Crippen LogP contribution in [0.25, 0.3) is 0 Å². The summed E-state index contributed by atoms with van der Waals surface area (Å²) < 4.78 is 13.7. The highest BCUT2D eigenvalue weighted by Gasteiger charge is 2.44. The lowest BCUT2D eigenvalue weighted by atomic mass is 10.1. The molecule has 0 bridgehead atoms. The molecule has 2 unspecified atom stereocenters. The molecule has 2 aliphatic rings. The van der Waals surface area contributed by atoms with E-state index in [2.05, 4.69) is 10.2 Å². The van der Waals surface area contributed by atoms with Crippen molar-refractivity contribution in [2.45, 2.75) is 38.0 Å². The van der Waals surface area contributed by atoms with E-state index in [0.717, 1.165) is 25.9 Å². The average molecular weight is 304 g/mol. The molecule has 120 valence electrons. The van der Waals surface area contributed by atoms with E-state index in [1.165, 1.54) is 38.4 Å². The first-order chi connectivity index (χ1) is 10.8. The van der Waals surface area contributed by atoms with Crippen molar-refractivity contribution in [3.05, 3.63) is 35.6 Å². The second-order valence-electron chi connectivity index (χ2n) is 6.52. The fraction of sp³-hybridized carbons (Fsp3) is 0.611. The highest BCUT2D eigenvalue weighted by Crippen LogP contribution is 2.48. The van der Waals surface area contributed by atoms with Crippen molar-refractivity contribution >= 4 is 5.91 Å². The van der Waals surface area contributed by atoms with E-state index in [-0.39, 0.29) is 23.6 Å². The van der Waals surface area contributed by atoms with Crippen molar-refractivity contribution in [3.8, 4) is 0 Å². The number of likely N-dealkylation sites (tertiary alicyclic amines) is 1. The van der Waals surface area contributed by atoms with E-state index in [0.29, 0.717) is 5.56 Å². The number of amides is 1. The Morgan fingerprint density at radius 3 is 2.77 bits per heavy atom. The van der Waals surface area contributed by atoms with Crippen LogP contribution in [0.4, 0.5) is 4.39 Å². The van der Waals surface area contributed by atoms with Gasteiger partial charge in [0.1, 0.15) is 5.82 Å². The Bertz CT molecular complexity index is 514. The van der Waals surface area contributed by atoms with E-state index >= 15 is 0 Å². The minimum atomic E-state index is -0.187. The number of carbonyl (C=O) groups is 1. The highest BCUT2D eigenvalue weighted by molar-refractivity contribution is 5.82. The van der Waals surface area contributed by atoms with E-state index in [4.69, 9.17) is 0 Å². The molecule has 1 saturated heterocycles. The number of benzene rings is 1. The fourth-order valence-electron chi connectivity index (χ4n) is 3.43. The van der Waals surface area contributed by atoms with Crippen LogP contribution in [0, 0.1) is 11.7 Å². The van der Waals surface area contributed by atoms with Gasteiger partial charge in [0, 0.05) is 12.5 Å². The Morgan fingerprint density at radius 2 is 2.00 bits per heavy atom. The second kappa shape index (κ2) is 7.23. The minimum absolute atomic E-state index is 0.0353. The molecule has 1 heterocycles. The number of rotatable bonds is 6. The Kier molecular flexibility index (Phi) is 5.08. The lowest BCUT2D eigenvalue weighted by Gasteiger charge is -2.26. The molecule has 3 rings (SSSR count). The number of carbonyl (C=O) groups excluding carboxylic acids is 1. The first-order valence-corrected chi connectivity index (χ1v) is 8.50. The van der Waals surface area contributed by atoms with Crippen LogP contribution in [0.2, 0.25) is 0 Å². The maximum atomic E-state index is 13.7. The normalized spacial score (nSPS) is 25.0. The van der Waals surface area contributed by atoms with E-state index in [1.54, 1.807) is 12.1 Å². The Morgan fingerprint density at radius 1 is 1.23 bits per heavy atom. The molecule has 3 nitrogen and oxygen atoms in total. The number of hydrogen-bond acceptors (Lipinski definition) is 2. The van der Waals surface area contributed by atoms with Crippen LogP contribution in [0.5, 0.6) is 0 Å². The first-order valence-electron chi connectivity index (χ1n) is 8.50. The molecule has 1 aromatic rings. The van der Waals surface area contributed by atoms with Crippen molar-refractivity contribution in [1.29, 1.82) is 0 Å². The number of hydrogen-bond donors (Lipinski definition) is 1. The lowest BCUT2D eigenvalue weighted by molar-refractivity contribution is -0.122. The number of nitrogens with one attached hydrogen (secondary N) is 1. The highest BCUT2D eigenvalue weighted by atomic mass is 19.1. The molecular weight excluding hydrogens is 279 g/mol. The summed E-state index contributed by atoms with van der Waals surface area (Å²) in [5.41, 5.74) is 0.691. The van der Waals surface area contributed by atoms with Gasteiger partial charge in [0.15, 0.2) is 0 Å². The molecule has 22 heavy (non-hydrogen) atoms. The van der Waals surface area contributed by atoms with Crippen LogP contribution in [0.1, 0.15) is 43.6 Å². The third-order valence-electron chi connectivity index (χ3n) is 4.83. The fourth-order valence-corrected chi connectivity index (χ4v) is 3.43. The zero-order valence-corrected chi connectivity index (χ0v) is 13.1. The third kappa shape index (κ3) is 3.86. The molecule has 1 aliphatic heterocycles. The van der Waals surface area contributed by atoms with Crippen LogP contribution in [0.15, 0.2) is 24.3 Å². The smallest absolute Gasteiger partial charge is 0.223 e. The molecule has 1 amide bonds. The zero-order chi connectivity index (χ0) is 15.4. The molecule has 4 heteroatoms. The summed E-state index contributed by atoms with van der Waals surface area (Å²) in [5, 5.41) is 3.02. The predicted octanol–water partition coefficient (Wildman–Crippen LogP) is 2.92. The van der Waals surface area contributed by atoms with Gasteiger partial charge in [-0.15, -0.1) is 0 Å². The summed E-state index contributed by atoms with van der Waals surface area (Å²) in [7, 11) is 0. The van der Waals surface area contributed by atoms with Gasteiger partial charge < -0.3 is 10.2 Å². The van der Waals surface area contributed by atoms with Gasteiger partial charge in [-0.05, 0) is 62.9 Å². The molecule has 0 radical (unpaired) electrons. The van der Waals surface area contributed by atoms with Crippen molar-refractivity contribution < 1.29 is 9.18 Å². The van der Waals surface area contributed by atoms with Gasteiger partial charge in [0.2, 0.25) is 5.91 Å². The summed E-state index contributed by atoms with van der Waals surface area (Å²) in [6.07, 6.45) is 5.74. The van der Waals surface area contributed by atoms with Crippen LogP contribution in [-0.2, 0) is 4.79 Å². The molecule has 1 saturated carbocycles. The molecular formula is C18H25FN2O. The van der Waals surface area contributed by atoms with Gasteiger partial charge in [0.05, 0.1) is 0 Å². The van der Waals surface area contributed by atoms with Gasteiger partial charge in [0.25, 0.3) is 0 Å². The van der Waals surface area contributed by atoms with Crippen molar-refractivity contribution in [3.63, 3.8) is 0 Å². The quantitative estimate of drug-likeness (QED) is 0.820. The topological polar surface area (TPSA) is 32.3 Å². The minimum Gasteiger partial charge on any atom is -0.356 e. The van der Waals surface area contributed by atoms with E-state index < -0.39 is 0 Å². The predicted molar refractivity (Wildman–Crippen MR) is 85.2 cm³/mol. The summed E-state index contributed by atoms with van der Waals surface area (Å²) in [6, 6.07) is 6.80. The maximum Gasteiger partial charge on any atom is 0.223 e. The second-order valence-corrected chi connectivity index (χ2v) is 6.52. The first kappa shape index (κ1) is 15.5. The van der Waals surface area contributed by atoms with Gasteiger partial charge in [-0.25, -0.2) is 4.39 Å². The molecule has 1 aromatic carbocycles. The SMILES string of the molecule is O=C(NCCCN1CCCCC1)C1CC1c1ccccc1F. The molecule has 0 spiro atoms.